The van der Waals surface area contributed by atoms with E-state index in [9.17, 15) is 18.0 Å². The summed E-state index contributed by atoms with van der Waals surface area (Å²) in [4.78, 5) is 24.0. The molecule has 12 heteroatoms. The highest BCUT2D eigenvalue weighted by Crippen LogP contribution is 2.29. The van der Waals surface area contributed by atoms with Crippen molar-refractivity contribution in [3.05, 3.63) is 54.1 Å². The number of nitrogens with zero attached hydrogens (tertiary/aromatic N) is 6. The molecule has 0 spiro atoms. The van der Waals surface area contributed by atoms with E-state index in [0.29, 0.717) is 18.5 Å². The molecule has 3 heterocycles. The average molecular weight is 450 g/mol. The summed E-state index contributed by atoms with van der Waals surface area (Å²) in [5, 5.41) is 8.07. The number of hydrogen-bond acceptors (Lipinski definition) is 7. The minimum Gasteiger partial charge on any atom is -0.495 e. The van der Waals surface area contributed by atoms with Gasteiger partial charge in [0, 0.05) is 18.8 Å². The Hall–Kier alpha value is -3.70. The molecular weight excluding hydrogens is 429 g/mol. The number of carbonyl (C=O) groups is 1. The summed E-state index contributed by atoms with van der Waals surface area (Å²) >= 11 is 0. The number of hydrogen-bond donors (Lipinski definition) is 0. The van der Waals surface area contributed by atoms with Crippen molar-refractivity contribution in [2.45, 2.75) is 26.1 Å². The van der Waals surface area contributed by atoms with Crippen molar-refractivity contribution in [1.29, 1.82) is 0 Å². The van der Waals surface area contributed by atoms with Crippen LogP contribution in [0.2, 0.25) is 0 Å². The number of halogens is 3. The third-order valence-electron chi connectivity index (χ3n) is 4.59. The Morgan fingerprint density at radius 2 is 1.91 bits per heavy atom. The molecule has 0 saturated carbocycles. The standard InChI is InChI=1S/C20H21F3N6O3/c1-4-28(13(2)12-32-17-6-5-14(10-24-17)20(21,22)23)19(30)16-9-15(31-3)11-25-18(16)29-26-7-8-27-29/h5-11,13H,4,12H2,1-3H3/t13-/m0/s1. The lowest BCUT2D eigenvalue weighted by atomic mass is 10.2. The van der Waals surface area contributed by atoms with E-state index in [4.69, 9.17) is 9.47 Å². The Morgan fingerprint density at radius 1 is 1.19 bits per heavy atom. The molecule has 32 heavy (non-hydrogen) atoms. The zero-order valence-corrected chi connectivity index (χ0v) is 17.6. The van der Waals surface area contributed by atoms with Crippen LogP contribution in [0.3, 0.4) is 0 Å². The van der Waals surface area contributed by atoms with Crippen LogP contribution >= 0.6 is 0 Å². The highest BCUT2D eigenvalue weighted by molar-refractivity contribution is 5.97. The molecule has 3 aromatic heterocycles. The van der Waals surface area contributed by atoms with Crippen molar-refractivity contribution in [1.82, 2.24) is 29.9 Å². The third-order valence-corrected chi connectivity index (χ3v) is 4.59. The van der Waals surface area contributed by atoms with Crippen LogP contribution in [-0.4, -0.2) is 62.1 Å². The van der Waals surface area contributed by atoms with Gasteiger partial charge in [-0.25, -0.2) is 9.97 Å². The predicted molar refractivity (Wildman–Crippen MR) is 107 cm³/mol. The Bertz CT molecular complexity index is 1040. The van der Waals surface area contributed by atoms with Crippen molar-refractivity contribution in [3.63, 3.8) is 0 Å². The molecule has 0 radical (unpaired) electrons. The summed E-state index contributed by atoms with van der Waals surface area (Å²) < 4.78 is 48.7. The van der Waals surface area contributed by atoms with Gasteiger partial charge in [-0.15, -0.1) is 4.80 Å². The molecule has 0 aliphatic heterocycles. The monoisotopic (exact) mass is 450 g/mol. The first kappa shape index (κ1) is 23.0. The number of pyridine rings is 2. The summed E-state index contributed by atoms with van der Waals surface area (Å²) in [6, 6.07) is 3.14. The molecule has 1 amide bonds. The maximum atomic E-state index is 13.3. The topological polar surface area (TPSA) is 95.3 Å². The van der Waals surface area contributed by atoms with Gasteiger partial charge in [0.05, 0.1) is 42.9 Å². The molecule has 3 aromatic rings. The molecule has 9 nitrogen and oxygen atoms in total. The summed E-state index contributed by atoms with van der Waals surface area (Å²) in [5.74, 6) is 0.287. The zero-order valence-electron chi connectivity index (χ0n) is 17.6. The number of rotatable bonds is 8. The second kappa shape index (κ2) is 9.62. The zero-order chi connectivity index (χ0) is 23.3. The lowest BCUT2D eigenvalue weighted by Gasteiger charge is -2.28. The molecule has 1 atom stereocenters. The number of alkyl halides is 3. The number of amides is 1. The predicted octanol–water partition coefficient (Wildman–Crippen LogP) is 3.01. The van der Waals surface area contributed by atoms with Gasteiger partial charge in [-0.05, 0) is 26.0 Å². The normalized spacial score (nSPS) is 12.3. The molecule has 0 unspecified atom stereocenters. The molecule has 0 aliphatic carbocycles. The van der Waals surface area contributed by atoms with Gasteiger partial charge in [0.15, 0.2) is 5.82 Å². The summed E-state index contributed by atoms with van der Waals surface area (Å²) in [5.41, 5.74) is -0.643. The summed E-state index contributed by atoms with van der Waals surface area (Å²) in [6.45, 7) is 3.91. The first-order valence-electron chi connectivity index (χ1n) is 9.62. The molecule has 0 N–H and O–H groups in total. The molecule has 0 saturated heterocycles. The second-order valence-corrected chi connectivity index (χ2v) is 6.70. The van der Waals surface area contributed by atoms with Gasteiger partial charge >= 0.3 is 6.18 Å². The molecular formula is C20H21F3N6O3. The van der Waals surface area contributed by atoms with Crippen molar-refractivity contribution in [2.24, 2.45) is 0 Å². The smallest absolute Gasteiger partial charge is 0.417 e. The molecule has 0 bridgehead atoms. The lowest BCUT2D eigenvalue weighted by molar-refractivity contribution is -0.137. The first-order chi connectivity index (χ1) is 15.2. The maximum Gasteiger partial charge on any atom is 0.417 e. The Balaban J connectivity index is 1.77. The molecule has 0 aromatic carbocycles. The van der Waals surface area contributed by atoms with Crippen LogP contribution in [0.4, 0.5) is 13.2 Å². The molecule has 3 rings (SSSR count). The number of likely N-dealkylation sites (N-methyl/N-ethyl adjacent to an activating group) is 1. The van der Waals surface area contributed by atoms with Crippen LogP contribution < -0.4 is 9.47 Å². The molecule has 0 fully saturated rings. The minimum atomic E-state index is -4.48. The van der Waals surface area contributed by atoms with Crippen molar-refractivity contribution >= 4 is 5.91 Å². The largest absolute Gasteiger partial charge is 0.495 e. The maximum absolute atomic E-state index is 13.3. The highest BCUT2D eigenvalue weighted by Gasteiger charge is 2.31. The van der Waals surface area contributed by atoms with E-state index in [1.165, 1.54) is 35.4 Å². The number of carbonyl (C=O) groups excluding carboxylic acids is 1. The lowest BCUT2D eigenvalue weighted by Crippen LogP contribution is -2.42. The Kier molecular flexibility index (Phi) is 6.91. The van der Waals surface area contributed by atoms with Gasteiger partial charge in [-0.1, -0.05) is 0 Å². The van der Waals surface area contributed by atoms with Crippen LogP contribution in [0.15, 0.2) is 43.0 Å². The van der Waals surface area contributed by atoms with E-state index in [1.807, 2.05) is 0 Å². The molecule has 0 aliphatic rings. The van der Waals surface area contributed by atoms with Crippen LogP contribution in [-0.2, 0) is 6.18 Å². The summed E-state index contributed by atoms with van der Waals surface area (Å²) in [7, 11) is 1.46. The fraction of sp³-hybridized carbons (Fsp3) is 0.350. The molecule has 170 valence electrons. The van der Waals surface area contributed by atoms with Crippen LogP contribution in [0.25, 0.3) is 5.82 Å². The Morgan fingerprint density at radius 3 is 2.47 bits per heavy atom. The minimum absolute atomic E-state index is 0.0185. The van der Waals surface area contributed by atoms with E-state index in [0.717, 1.165) is 12.1 Å². The average Bonchev–Trinajstić information content (AvgIpc) is 3.32. The van der Waals surface area contributed by atoms with Gasteiger partial charge in [0.1, 0.15) is 12.4 Å². The fourth-order valence-electron chi connectivity index (χ4n) is 2.93. The van der Waals surface area contributed by atoms with Gasteiger partial charge < -0.3 is 14.4 Å². The number of ether oxygens (including phenoxy) is 2. The SMILES string of the molecule is CCN(C(=O)c1cc(OC)cnc1-n1nccn1)[C@@H](C)COc1ccc(C(F)(F)F)cn1. The van der Waals surface area contributed by atoms with Gasteiger partial charge in [-0.2, -0.15) is 23.4 Å². The van der Waals surface area contributed by atoms with Crippen LogP contribution in [0, 0.1) is 0 Å². The highest BCUT2D eigenvalue weighted by atomic mass is 19.4. The fourth-order valence-corrected chi connectivity index (χ4v) is 2.93. The van der Waals surface area contributed by atoms with Gasteiger partial charge in [-0.3, -0.25) is 4.79 Å². The van der Waals surface area contributed by atoms with E-state index in [2.05, 4.69) is 20.2 Å². The number of methoxy groups -OCH3 is 1. The summed E-state index contributed by atoms with van der Waals surface area (Å²) in [6.07, 6.45) is 0.606. The second-order valence-electron chi connectivity index (χ2n) is 6.70. The van der Waals surface area contributed by atoms with Crippen molar-refractivity contribution in [2.75, 3.05) is 20.3 Å². The van der Waals surface area contributed by atoms with E-state index >= 15 is 0 Å². The van der Waals surface area contributed by atoms with Crippen LogP contribution in [0.5, 0.6) is 11.6 Å². The first-order valence-corrected chi connectivity index (χ1v) is 9.62. The van der Waals surface area contributed by atoms with E-state index < -0.39 is 17.8 Å². The number of aromatic nitrogens is 5. The van der Waals surface area contributed by atoms with Gasteiger partial charge in [0.25, 0.3) is 5.91 Å². The Labute approximate surface area is 181 Å². The van der Waals surface area contributed by atoms with E-state index in [-0.39, 0.29) is 29.8 Å². The van der Waals surface area contributed by atoms with Crippen LogP contribution in [0.1, 0.15) is 29.8 Å². The quantitative estimate of drug-likeness (QED) is 0.521. The van der Waals surface area contributed by atoms with Gasteiger partial charge in [0.2, 0.25) is 5.88 Å². The third kappa shape index (κ3) is 5.13. The van der Waals surface area contributed by atoms with Crippen molar-refractivity contribution in [3.8, 4) is 17.4 Å². The van der Waals surface area contributed by atoms with Crippen molar-refractivity contribution < 1.29 is 27.4 Å². The van der Waals surface area contributed by atoms with E-state index in [1.54, 1.807) is 19.9 Å².